The predicted molar refractivity (Wildman–Crippen MR) is 80.3 cm³/mol. The van der Waals surface area contributed by atoms with Gasteiger partial charge in [-0.05, 0) is 44.0 Å². The molecule has 1 fully saturated rings. The Kier molecular flexibility index (Phi) is 3.92. The zero-order chi connectivity index (χ0) is 13.9. The van der Waals surface area contributed by atoms with Crippen molar-refractivity contribution in [3.8, 4) is 5.75 Å². The van der Waals surface area contributed by atoms with Crippen LogP contribution in [-0.2, 0) is 6.42 Å². The third-order valence-corrected chi connectivity index (χ3v) is 4.33. The summed E-state index contributed by atoms with van der Waals surface area (Å²) in [5.41, 5.74) is 1.14. The van der Waals surface area contributed by atoms with E-state index in [4.69, 9.17) is 4.74 Å². The van der Waals surface area contributed by atoms with Crippen molar-refractivity contribution >= 4 is 5.52 Å². The maximum atomic E-state index is 5.31. The monoisotopic (exact) mass is 273 g/mol. The summed E-state index contributed by atoms with van der Waals surface area (Å²) >= 11 is 0. The van der Waals surface area contributed by atoms with Crippen LogP contribution in [0.5, 0.6) is 5.75 Å². The van der Waals surface area contributed by atoms with Gasteiger partial charge in [0.1, 0.15) is 11.6 Å². The summed E-state index contributed by atoms with van der Waals surface area (Å²) in [6.07, 6.45) is 7.67. The third-order valence-electron chi connectivity index (χ3n) is 4.33. The molecule has 1 unspecified atom stereocenters. The van der Waals surface area contributed by atoms with Crippen molar-refractivity contribution in [2.24, 2.45) is 5.92 Å². The number of fused-ring (bicyclic) bond motifs is 1. The molecular formula is C16H23N3O. The number of aromatic nitrogens is 2. The zero-order valence-corrected chi connectivity index (χ0v) is 12.4. The van der Waals surface area contributed by atoms with Crippen molar-refractivity contribution in [1.29, 1.82) is 0 Å². The van der Waals surface area contributed by atoms with Gasteiger partial charge in [0.2, 0.25) is 0 Å². The molecule has 20 heavy (non-hydrogen) atoms. The average Bonchev–Trinajstić information content (AvgIpc) is 2.89. The summed E-state index contributed by atoms with van der Waals surface area (Å²) in [4.78, 5) is 7.15. The van der Waals surface area contributed by atoms with Crippen molar-refractivity contribution in [3.63, 3.8) is 0 Å². The molecular weight excluding hydrogens is 250 g/mol. The first-order chi connectivity index (χ1) is 9.80. The van der Waals surface area contributed by atoms with E-state index in [9.17, 15) is 0 Å². The van der Waals surface area contributed by atoms with Crippen LogP contribution < -0.4 is 4.74 Å². The molecule has 2 aromatic rings. The highest BCUT2D eigenvalue weighted by molar-refractivity contribution is 5.48. The molecule has 1 aliphatic rings. The standard InChI is InChI=1S/C16H23N3O/c1-3-18-8-4-5-13(11-18)9-16-17-10-14-6-7-15(20-2)12-19(14)16/h6-7,10,12-13H,3-5,8-9,11H2,1-2H3. The molecule has 0 N–H and O–H groups in total. The summed E-state index contributed by atoms with van der Waals surface area (Å²) in [6, 6.07) is 4.05. The lowest BCUT2D eigenvalue weighted by Crippen LogP contribution is -2.36. The van der Waals surface area contributed by atoms with Crippen molar-refractivity contribution < 1.29 is 4.74 Å². The van der Waals surface area contributed by atoms with E-state index in [1.807, 2.05) is 18.5 Å². The van der Waals surface area contributed by atoms with Gasteiger partial charge in [0.05, 0.1) is 25.0 Å². The van der Waals surface area contributed by atoms with Gasteiger partial charge in [-0.1, -0.05) is 6.92 Å². The number of likely N-dealkylation sites (tertiary alicyclic amines) is 1. The molecule has 0 spiro atoms. The van der Waals surface area contributed by atoms with E-state index in [1.165, 1.54) is 25.9 Å². The van der Waals surface area contributed by atoms with E-state index in [1.54, 1.807) is 7.11 Å². The lowest BCUT2D eigenvalue weighted by atomic mass is 9.94. The molecule has 0 amide bonds. The molecule has 4 heteroatoms. The van der Waals surface area contributed by atoms with Gasteiger partial charge in [-0.3, -0.25) is 0 Å². The maximum absolute atomic E-state index is 5.31. The van der Waals surface area contributed by atoms with Crippen LogP contribution in [0.25, 0.3) is 5.52 Å². The Balaban J connectivity index is 1.79. The van der Waals surface area contributed by atoms with E-state index < -0.39 is 0 Å². The van der Waals surface area contributed by atoms with Crippen LogP contribution in [0, 0.1) is 5.92 Å². The van der Waals surface area contributed by atoms with Gasteiger partial charge in [-0.15, -0.1) is 0 Å². The lowest BCUT2D eigenvalue weighted by molar-refractivity contribution is 0.180. The van der Waals surface area contributed by atoms with Gasteiger partial charge >= 0.3 is 0 Å². The number of pyridine rings is 1. The number of hydrogen-bond acceptors (Lipinski definition) is 3. The predicted octanol–water partition coefficient (Wildman–Crippen LogP) is 2.62. The first-order valence-electron chi connectivity index (χ1n) is 7.52. The molecule has 0 bridgehead atoms. The number of imidazole rings is 1. The molecule has 0 saturated carbocycles. The molecule has 1 atom stereocenters. The van der Waals surface area contributed by atoms with Gasteiger partial charge in [0, 0.05) is 13.0 Å². The van der Waals surface area contributed by atoms with Gasteiger partial charge in [-0.2, -0.15) is 0 Å². The smallest absolute Gasteiger partial charge is 0.135 e. The van der Waals surface area contributed by atoms with E-state index in [-0.39, 0.29) is 0 Å². The van der Waals surface area contributed by atoms with Crippen LogP contribution in [0.15, 0.2) is 24.5 Å². The van der Waals surface area contributed by atoms with Crippen LogP contribution >= 0.6 is 0 Å². The number of rotatable bonds is 4. The van der Waals surface area contributed by atoms with Gasteiger partial charge in [0.25, 0.3) is 0 Å². The Hall–Kier alpha value is -1.55. The molecule has 0 aromatic carbocycles. The number of ether oxygens (including phenoxy) is 1. The SMILES string of the molecule is CCN1CCCC(Cc2ncc3ccc(OC)cn23)C1. The topological polar surface area (TPSA) is 29.8 Å². The summed E-state index contributed by atoms with van der Waals surface area (Å²) in [7, 11) is 1.71. The first kappa shape index (κ1) is 13.4. The Morgan fingerprint density at radius 3 is 3.10 bits per heavy atom. The molecule has 2 aromatic heterocycles. The Labute approximate surface area is 120 Å². The second kappa shape index (κ2) is 5.83. The van der Waals surface area contributed by atoms with E-state index in [0.717, 1.165) is 36.0 Å². The van der Waals surface area contributed by atoms with Crippen LogP contribution in [-0.4, -0.2) is 41.0 Å². The minimum absolute atomic E-state index is 0.723. The Morgan fingerprint density at radius 1 is 1.40 bits per heavy atom. The summed E-state index contributed by atoms with van der Waals surface area (Å²) in [6.45, 7) is 5.86. The highest BCUT2D eigenvalue weighted by atomic mass is 16.5. The fourth-order valence-corrected chi connectivity index (χ4v) is 3.16. The molecule has 108 valence electrons. The molecule has 0 radical (unpaired) electrons. The average molecular weight is 273 g/mol. The fourth-order valence-electron chi connectivity index (χ4n) is 3.16. The molecule has 1 aliphatic heterocycles. The zero-order valence-electron chi connectivity index (χ0n) is 12.4. The fraction of sp³-hybridized carbons (Fsp3) is 0.562. The van der Waals surface area contributed by atoms with Crippen molar-refractivity contribution in [2.75, 3.05) is 26.7 Å². The molecule has 3 rings (SSSR count). The Morgan fingerprint density at radius 2 is 2.30 bits per heavy atom. The van der Waals surface area contributed by atoms with Gasteiger partial charge in [0.15, 0.2) is 0 Å². The summed E-state index contributed by atoms with van der Waals surface area (Å²) in [5.74, 6) is 2.76. The third kappa shape index (κ3) is 2.66. The number of nitrogens with zero attached hydrogens (tertiary/aromatic N) is 3. The minimum atomic E-state index is 0.723. The van der Waals surface area contributed by atoms with E-state index in [0.29, 0.717) is 0 Å². The van der Waals surface area contributed by atoms with Crippen LogP contribution in [0.2, 0.25) is 0 Å². The van der Waals surface area contributed by atoms with Crippen molar-refractivity contribution in [2.45, 2.75) is 26.2 Å². The van der Waals surface area contributed by atoms with E-state index >= 15 is 0 Å². The molecule has 0 aliphatic carbocycles. The minimum Gasteiger partial charge on any atom is -0.495 e. The Bertz CT molecular complexity index is 578. The molecule has 3 heterocycles. The molecule has 1 saturated heterocycles. The number of methoxy groups -OCH3 is 1. The highest BCUT2D eigenvalue weighted by Gasteiger charge is 2.20. The summed E-state index contributed by atoms with van der Waals surface area (Å²) in [5, 5.41) is 0. The van der Waals surface area contributed by atoms with Crippen molar-refractivity contribution in [1.82, 2.24) is 14.3 Å². The quantitative estimate of drug-likeness (QED) is 0.857. The van der Waals surface area contributed by atoms with Gasteiger partial charge < -0.3 is 14.0 Å². The highest BCUT2D eigenvalue weighted by Crippen LogP contribution is 2.22. The van der Waals surface area contributed by atoms with Crippen molar-refractivity contribution in [3.05, 3.63) is 30.4 Å². The van der Waals surface area contributed by atoms with E-state index in [2.05, 4.69) is 27.3 Å². The molecule has 4 nitrogen and oxygen atoms in total. The van der Waals surface area contributed by atoms with Crippen LogP contribution in [0.4, 0.5) is 0 Å². The summed E-state index contributed by atoms with van der Waals surface area (Å²) < 4.78 is 7.48. The number of piperidine rings is 1. The number of hydrogen-bond donors (Lipinski definition) is 0. The first-order valence-corrected chi connectivity index (χ1v) is 7.52. The lowest BCUT2D eigenvalue weighted by Gasteiger charge is -2.31. The van der Waals surface area contributed by atoms with Crippen LogP contribution in [0.3, 0.4) is 0 Å². The van der Waals surface area contributed by atoms with Gasteiger partial charge in [-0.25, -0.2) is 4.98 Å². The normalized spacial score (nSPS) is 20.4. The second-order valence-corrected chi connectivity index (χ2v) is 5.64. The second-order valence-electron chi connectivity index (χ2n) is 5.64. The largest absolute Gasteiger partial charge is 0.495 e. The van der Waals surface area contributed by atoms with Crippen LogP contribution in [0.1, 0.15) is 25.6 Å². The maximum Gasteiger partial charge on any atom is 0.135 e.